The number of nitrogens with one attached hydrogen (secondary N) is 2. The molecule has 1 unspecified atom stereocenters. The molecule has 1 aliphatic heterocycles. The maximum absolute atomic E-state index is 13.0. The molecule has 1 aliphatic rings. The van der Waals surface area contributed by atoms with Crippen LogP contribution < -0.4 is 10.9 Å². The second kappa shape index (κ2) is 8.59. The van der Waals surface area contributed by atoms with Crippen molar-refractivity contribution in [2.75, 3.05) is 13.1 Å². The van der Waals surface area contributed by atoms with E-state index in [1.807, 2.05) is 37.3 Å². The topological polar surface area (TPSA) is 87.2 Å². The lowest BCUT2D eigenvalue weighted by atomic mass is 10.00. The summed E-state index contributed by atoms with van der Waals surface area (Å²) in [7, 11) is 0. The molecule has 0 radical (unpaired) electrons. The molecule has 0 saturated heterocycles. The lowest BCUT2D eigenvalue weighted by Gasteiger charge is -2.32. The molecule has 8 heteroatoms. The molecular formula is C23H23FN4O3. The first-order valence-corrected chi connectivity index (χ1v) is 10.1. The Morgan fingerprint density at radius 1 is 1.13 bits per heavy atom. The van der Waals surface area contributed by atoms with Crippen molar-refractivity contribution in [3.05, 3.63) is 93.2 Å². The van der Waals surface area contributed by atoms with Crippen LogP contribution in [0.4, 0.5) is 4.39 Å². The largest absolute Gasteiger partial charge is 0.350 e. The number of carbonyl (C=O) groups is 2. The molecular weight excluding hydrogens is 399 g/mol. The number of amides is 2. The molecule has 0 spiro atoms. The van der Waals surface area contributed by atoms with Gasteiger partial charge in [-0.1, -0.05) is 30.3 Å². The minimum absolute atomic E-state index is 0.107. The minimum Gasteiger partial charge on any atom is -0.350 e. The van der Waals surface area contributed by atoms with E-state index in [-0.39, 0.29) is 36.9 Å². The number of halogens is 1. The number of H-pyrrole nitrogens is 1. The Balaban J connectivity index is 1.43. The van der Waals surface area contributed by atoms with Crippen LogP contribution in [0.3, 0.4) is 0 Å². The predicted octanol–water partition coefficient (Wildman–Crippen LogP) is 2.24. The van der Waals surface area contributed by atoms with Gasteiger partial charge < -0.3 is 10.2 Å². The molecule has 1 atom stereocenters. The highest BCUT2D eigenvalue weighted by Crippen LogP contribution is 2.26. The van der Waals surface area contributed by atoms with E-state index in [4.69, 9.17) is 0 Å². The Labute approximate surface area is 178 Å². The molecule has 2 N–H and O–H groups in total. The molecule has 3 aromatic rings. The number of aromatic amines is 1. The molecule has 4 rings (SSSR count). The summed E-state index contributed by atoms with van der Waals surface area (Å²) in [6, 6.07) is 14.5. The number of rotatable bonds is 6. The van der Waals surface area contributed by atoms with Gasteiger partial charge in [0.05, 0.1) is 30.3 Å². The van der Waals surface area contributed by atoms with E-state index in [2.05, 4.69) is 10.4 Å². The fourth-order valence-corrected chi connectivity index (χ4v) is 3.93. The summed E-state index contributed by atoms with van der Waals surface area (Å²) in [6.45, 7) is 2.72. The number of nitrogens with zero attached hydrogens (tertiary/aromatic N) is 2. The van der Waals surface area contributed by atoms with Crippen molar-refractivity contribution in [1.29, 1.82) is 0 Å². The van der Waals surface area contributed by atoms with Crippen molar-refractivity contribution in [1.82, 2.24) is 20.0 Å². The SMILES string of the molecule is CC1c2c([nH]n(Cc3ccccc3)c2=O)CC(=O)N1CCNC(=O)c1ccc(F)cc1. The summed E-state index contributed by atoms with van der Waals surface area (Å²) in [5, 5.41) is 5.83. The van der Waals surface area contributed by atoms with Gasteiger partial charge in [0.15, 0.2) is 0 Å². The molecule has 2 amide bonds. The summed E-state index contributed by atoms with van der Waals surface area (Å²) >= 11 is 0. The highest BCUT2D eigenvalue weighted by atomic mass is 19.1. The number of carbonyl (C=O) groups excluding carboxylic acids is 2. The average molecular weight is 422 g/mol. The van der Waals surface area contributed by atoms with Gasteiger partial charge in [0, 0.05) is 18.7 Å². The third kappa shape index (κ3) is 4.28. The summed E-state index contributed by atoms with van der Waals surface area (Å²) < 4.78 is 14.5. The van der Waals surface area contributed by atoms with Gasteiger partial charge in [-0.25, -0.2) is 9.07 Å². The molecule has 7 nitrogen and oxygen atoms in total. The Morgan fingerprint density at radius 2 is 1.84 bits per heavy atom. The quantitative estimate of drug-likeness (QED) is 0.639. The Bertz CT molecular complexity index is 1150. The first-order valence-electron chi connectivity index (χ1n) is 10.1. The van der Waals surface area contributed by atoms with E-state index in [1.165, 1.54) is 28.9 Å². The highest BCUT2D eigenvalue weighted by molar-refractivity contribution is 5.94. The molecule has 0 saturated carbocycles. The van der Waals surface area contributed by atoms with E-state index < -0.39 is 11.9 Å². The Kier molecular flexibility index (Phi) is 5.70. The normalized spacial score (nSPS) is 15.6. The molecule has 0 aliphatic carbocycles. The van der Waals surface area contributed by atoms with Crippen molar-refractivity contribution in [3.63, 3.8) is 0 Å². The summed E-state index contributed by atoms with van der Waals surface area (Å²) in [6.07, 6.45) is 0.114. The summed E-state index contributed by atoms with van der Waals surface area (Å²) in [5.74, 6) is -0.863. The van der Waals surface area contributed by atoms with Gasteiger partial charge >= 0.3 is 0 Å². The fourth-order valence-electron chi connectivity index (χ4n) is 3.93. The van der Waals surface area contributed by atoms with Gasteiger partial charge in [0.2, 0.25) is 5.91 Å². The van der Waals surface area contributed by atoms with Crippen LogP contribution in [0, 0.1) is 5.82 Å². The van der Waals surface area contributed by atoms with Crippen molar-refractivity contribution < 1.29 is 14.0 Å². The molecule has 160 valence electrons. The first kappa shape index (κ1) is 20.6. The van der Waals surface area contributed by atoms with Crippen molar-refractivity contribution in [2.24, 2.45) is 0 Å². The molecule has 0 bridgehead atoms. The third-order valence-electron chi connectivity index (χ3n) is 5.53. The predicted molar refractivity (Wildman–Crippen MR) is 113 cm³/mol. The number of aromatic nitrogens is 2. The van der Waals surface area contributed by atoms with Crippen LogP contribution in [0.5, 0.6) is 0 Å². The van der Waals surface area contributed by atoms with Crippen LogP contribution in [-0.2, 0) is 17.8 Å². The summed E-state index contributed by atoms with van der Waals surface area (Å²) in [4.78, 5) is 39.4. The third-order valence-corrected chi connectivity index (χ3v) is 5.53. The Hall–Kier alpha value is -3.68. The second-order valence-electron chi connectivity index (χ2n) is 7.58. The summed E-state index contributed by atoms with van der Waals surface area (Å²) in [5.41, 5.74) is 2.42. The van der Waals surface area contributed by atoms with Crippen LogP contribution in [0.1, 0.15) is 40.1 Å². The first-order chi connectivity index (χ1) is 14.9. The van der Waals surface area contributed by atoms with Crippen LogP contribution in [-0.4, -0.2) is 39.6 Å². The molecule has 2 heterocycles. The van der Waals surface area contributed by atoms with Gasteiger partial charge in [-0.2, -0.15) is 0 Å². The smallest absolute Gasteiger partial charge is 0.272 e. The zero-order valence-electron chi connectivity index (χ0n) is 17.1. The minimum atomic E-state index is -0.412. The van der Waals surface area contributed by atoms with Crippen LogP contribution in [0.15, 0.2) is 59.4 Å². The zero-order chi connectivity index (χ0) is 22.0. The average Bonchev–Trinajstić information content (AvgIpc) is 3.06. The maximum atomic E-state index is 13.0. The molecule has 1 aromatic heterocycles. The van der Waals surface area contributed by atoms with Crippen LogP contribution in [0.25, 0.3) is 0 Å². The monoisotopic (exact) mass is 422 g/mol. The highest BCUT2D eigenvalue weighted by Gasteiger charge is 2.33. The second-order valence-corrected chi connectivity index (χ2v) is 7.58. The van der Waals surface area contributed by atoms with Gasteiger partial charge in [0.1, 0.15) is 5.82 Å². The lowest BCUT2D eigenvalue weighted by molar-refractivity contribution is -0.133. The molecule has 31 heavy (non-hydrogen) atoms. The van der Waals surface area contributed by atoms with Crippen molar-refractivity contribution >= 4 is 11.8 Å². The zero-order valence-corrected chi connectivity index (χ0v) is 17.1. The standard InChI is InChI=1S/C23H23FN4O3/c1-15-21-19(26-28(23(21)31)14-16-5-3-2-4-6-16)13-20(29)27(15)12-11-25-22(30)17-7-9-18(24)10-8-17/h2-10,15,26H,11-14H2,1H3,(H,25,30). The maximum Gasteiger partial charge on any atom is 0.272 e. The van der Waals surface area contributed by atoms with Crippen LogP contribution >= 0.6 is 0 Å². The van der Waals surface area contributed by atoms with E-state index >= 15 is 0 Å². The van der Waals surface area contributed by atoms with Crippen molar-refractivity contribution in [3.8, 4) is 0 Å². The molecule has 2 aromatic carbocycles. The van der Waals surface area contributed by atoms with Crippen LogP contribution in [0.2, 0.25) is 0 Å². The fraction of sp³-hybridized carbons (Fsp3) is 0.261. The van der Waals surface area contributed by atoms with Gasteiger partial charge in [-0.05, 0) is 36.8 Å². The van der Waals surface area contributed by atoms with Gasteiger partial charge in [-0.3, -0.25) is 19.5 Å². The lowest BCUT2D eigenvalue weighted by Crippen LogP contribution is -2.44. The number of benzene rings is 2. The van der Waals surface area contributed by atoms with E-state index in [1.54, 1.807) is 4.90 Å². The van der Waals surface area contributed by atoms with Crippen molar-refractivity contribution in [2.45, 2.75) is 25.9 Å². The van der Waals surface area contributed by atoms with E-state index in [0.29, 0.717) is 23.4 Å². The number of hydrogen-bond acceptors (Lipinski definition) is 3. The number of hydrogen-bond donors (Lipinski definition) is 2. The molecule has 0 fully saturated rings. The Morgan fingerprint density at radius 3 is 2.55 bits per heavy atom. The van der Waals surface area contributed by atoms with Gasteiger partial charge in [0.25, 0.3) is 11.5 Å². The van der Waals surface area contributed by atoms with Gasteiger partial charge in [-0.15, -0.1) is 0 Å². The van der Waals surface area contributed by atoms with E-state index in [0.717, 1.165) is 5.56 Å². The van der Waals surface area contributed by atoms with E-state index in [9.17, 15) is 18.8 Å². The number of fused-ring (bicyclic) bond motifs is 1.